The second kappa shape index (κ2) is 16.2. The fraction of sp³-hybridized carbons (Fsp3) is 0.545. The van der Waals surface area contributed by atoms with E-state index in [1.165, 1.54) is 19.2 Å². The Morgan fingerprint density at radius 2 is 1.83 bits per heavy atom. The Labute approximate surface area is 280 Å². The number of nitrogens with two attached hydrogens (primary N) is 1. The molecule has 1 aromatic carbocycles. The molecule has 2 aromatic heterocycles. The number of fused-ring (bicyclic) bond motifs is 2. The van der Waals surface area contributed by atoms with E-state index >= 15 is 0 Å². The summed E-state index contributed by atoms with van der Waals surface area (Å²) in [5.74, 6) is 6.48. The first-order valence-electron chi connectivity index (χ1n) is 16.7. The minimum absolute atomic E-state index is 0.0422. The third-order valence-corrected chi connectivity index (χ3v) is 9.26. The van der Waals surface area contributed by atoms with E-state index in [1.54, 1.807) is 24.5 Å². The third kappa shape index (κ3) is 8.03. The number of ether oxygens (including phenoxy) is 3. The Kier molecular flexibility index (Phi) is 11.3. The maximum atomic E-state index is 9.62. The average Bonchev–Trinajstić information content (AvgIpc) is 3.62. The molecule has 3 aliphatic rings. The molecule has 0 spiro atoms. The van der Waals surface area contributed by atoms with Crippen LogP contribution in [0.4, 0.5) is 11.6 Å². The molecule has 48 heavy (non-hydrogen) atoms. The maximum absolute atomic E-state index is 9.62. The molecule has 15 heteroatoms. The highest BCUT2D eigenvalue weighted by molar-refractivity contribution is 5.67. The van der Waals surface area contributed by atoms with Crippen LogP contribution in [-0.4, -0.2) is 93.3 Å². The van der Waals surface area contributed by atoms with Crippen molar-refractivity contribution in [2.45, 2.75) is 82.1 Å². The van der Waals surface area contributed by atoms with E-state index in [2.05, 4.69) is 42.2 Å². The van der Waals surface area contributed by atoms with Crippen LogP contribution < -0.4 is 31.6 Å². The van der Waals surface area contributed by atoms with Gasteiger partial charge in [0.05, 0.1) is 50.5 Å². The van der Waals surface area contributed by atoms with Gasteiger partial charge in [0.15, 0.2) is 0 Å². The number of aliphatic hydroxyl groups excluding tert-OH is 1. The number of nitriles is 1. The van der Waals surface area contributed by atoms with Crippen molar-refractivity contribution in [3.8, 4) is 28.8 Å². The fourth-order valence-electron chi connectivity index (χ4n) is 6.96. The largest absolute Gasteiger partial charge is 0.487 e. The van der Waals surface area contributed by atoms with Crippen LogP contribution in [-0.2, 0) is 4.74 Å². The van der Waals surface area contributed by atoms with Crippen LogP contribution in [0.15, 0.2) is 41.8 Å². The second-order valence-electron chi connectivity index (χ2n) is 12.5. The third-order valence-electron chi connectivity index (χ3n) is 9.26. The summed E-state index contributed by atoms with van der Waals surface area (Å²) < 4.78 is 19.8. The number of anilines is 2. The van der Waals surface area contributed by atoms with Gasteiger partial charge < -0.3 is 24.6 Å². The van der Waals surface area contributed by atoms with Gasteiger partial charge in [0.25, 0.3) is 5.88 Å². The molecule has 4 heterocycles. The van der Waals surface area contributed by atoms with Crippen LogP contribution in [0, 0.1) is 11.3 Å². The van der Waals surface area contributed by atoms with E-state index in [0.29, 0.717) is 66.5 Å². The first-order valence-corrected chi connectivity index (χ1v) is 16.7. The first-order chi connectivity index (χ1) is 23.6. The van der Waals surface area contributed by atoms with Crippen LogP contribution in [0.2, 0.25) is 0 Å². The molecule has 3 fully saturated rings. The Hall–Kier alpha value is -4.33. The SMILES string of the molecule is C[C@@H](CN=CNNN)Oc1cc(-c2cnc(Nc3cn(C4CCC(N5[C@@H]6CC[C@H]5COC6)CC4)nc3OCCCO)nc2)ccc1C#N. The number of benzene rings is 1. The number of nitrogens with zero attached hydrogens (tertiary/aromatic N) is 7. The molecule has 256 valence electrons. The number of morpholine rings is 1. The lowest BCUT2D eigenvalue weighted by molar-refractivity contribution is -0.0458. The highest BCUT2D eigenvalue weighted by atomic mass is 16.5. The predicted octanol–water partition coefficient (Wildman–Crippen LogP) is 2.83. The van der Waals surface area contributed by atoms with Gasteiger partial charge in [-0.15, -0.1) is 5.10 Å². The summed E-state index contributed by atoms with van der Waals surface area (Å²) in [6.45, 7) is 4.37. The highest BCUT2D eigenvalue weighted by Gasteiger charge is 2.42. The Morgan fingerprint density at radius 1 is 1.10 bits per heavy atom. The number of aliphatic hydroxyl groups is 1. The quantitative estimate of drug-likeness (QED) is 0.0526. The summed E-state index contributed by atoms with van der Waals surface area (Å²) in [4.78, 5) is 16.1. The normalized spacial score (nSPS) is 23.1. The Bertz CT molecular complexity index is 1540. The fourth-order valence-corrected chi connectivity index (χ4v) is 6.96. The number of hydrogen-bond acceptors (Lipinski definition) is 13. The highest BCUT2D eigenvalue weighted by Crippen LogP contribution is 2.39. The van der Waals surface area contributed by atoms with Crippen molar-refractivity contribution in [2.24, 2.45) is 10.8 Å². The van der Waals surface area contributed by atoms with Gasteiger partial charge in [-0.3, -0.25) is 25.8 Å². The molecular formula is C33H45N11O4. The number of rotatable bonds is 15. The standard InChI is InChI=1S/C33H45N11O4/c1-22(15-36-21-39-42-35)48-31-13-23(3-4-24(31)14-34)25-16-37-33(38-17-25)40-30-18-43(41-32(30)47-12-2-11-45)26-5-7-27(8-6-26)44-28-9-10-29(44)20-46-19-28/h3-4,13,16-18,21-22,26-29,42,45H,2,5-12,15,19-20,35H2,1H3,(H,36,39)(H,37,38,40)/t22-,26?,27?,28-,29+/m0/s1. The van der Waals surface area contributed by atoms with Crippen molar-refractivity contribution in [2.75, 3.05) is 38.3 Å². The molecule has 6 N–H and O–H groups in total. The number of nitrogens with one attached hydrogen (secondary N) is 3. The Morgan fingerprint density at radius 3 is 2.54 bits per heavy atom. The maximum Gasteiger partial charge on any atom is 0.256 e. The molecule has 3 aromatic rings. The monoisotopic (exact) mass is 659 g/mol. The summed E-state index contributed by atoms with van der Waals surface area (Å²) in [6.07, 6.45) is 14.0. The van der Waals surface area contributed by atoms with Gasteiger partial charge in [-0.1, -0.05) is 6.07 Å². The first kappa shape index (κ1) is 33.6. The summed E-state index contributed by atoms with van der Waals surface area (Å²) >= 11 is 0. The van der Waals surface area contributed by atoms with Crippen molar-refractivity contribution in [1.82, 2.24) is 35.6 Å². The van der Waals surface area contributed by atoms with Gasteiger partial charge in [0.2, 0.25) is 5.95 Å². The van der Waals surface area contributed by atoms with Crippen LogP contribution in [0.5, 0.6) is 11.6 Å². The zero-order valence-corrected chi connectivity index (χ0v) is 27.3. The lowest BCUT2D eigenvalue weighted by atomic mass is 9.89. The van der Waals surface area contributed by atoms with Crippen molar-refractivity contribution in [1.29, 1.82) is 5.26 Å². The van der Waals surface area contributed by atoms with Crippen LogP contribution in [0.1, 0.15) is 63.5 Å². The molecule has 2 saturated heterocycles. The van der Waals surface area contributed by atoms with E-state index in [4.69, 9.17) is 25.2 Å². The summed E-state index contributed by atoms with van der Waals surface area (Å²) in [5.41, 5.74) is 7.51. The zero-order valence-electron chi connectivity index (χ0n) is 27.3. The van der Waals surface area contributed by atoms with E-state index in [1.807, 2.05) is 23.9 Å². The van der Waals surface area contributed by atoms with Gasteiger partial charge in [-0.25, -0.2) is 9.97 Å². The van der Waals surface area contributed by atoms with E-state index in [0.717, 1.165) is 50.0 Å². The van der Waals surface area contributed by atoms with E-state index < -0.39 is 0 Å². The topological polar surface area (TPSA) is 193 Å². The van der Waals surface area contributed by atoms with Crippen molar-refractivity contribution < 1.29 is 19.3 Å². The summed E-state index contributed by atoms with van der Waals surface area (Å²) in [7, 11) is 0. The number of aliphatic imine (C=N–C) groups is 1. The van der Waals surface area contributed by atoms with Crippen LogP contribution in [0.3, 0.4) is 0 Å². The van der Waals surface area contributed by atoms with Crippen LogP contribution in [0.25, 0.3) is 11.1 Å². The van der Waals surface area contributed by atoms with E-state index in [-0.39, 0.29) is 18.8 Å². The number of hydrogen-bond donors (Lipinski definition) is 5. The molecule has 3 atom stereocenters. The minimum Gasteiger partial charge on any atom is -0.487 e. The van der Waals surface area contributed by atoms with Gasteiger partial charge in [0.1, 0.15) is 23.6 Å². The number of aromatic nitrogens is 4. The predicted molar refractivity (Wildman–Crippen MR) is 180 cm³/mol. The summed E-state index contributed by atoms with van der Waals surface area (Å²) in [6, 6.07) is 9.59. The van der Waals surface area contributed by atoms with Gasteiger partial charge in [-0.2, -0.15) is 10.8 Å². The lowest BCUT2D eigenvalue weighted by Crippen LogP contribution is -2.52. The lowest BCUT2D eigenvalue weighted by Gasteiger charge is -2.43. The Balaban J connectivity index is 1.12. The minimum atomic E-state index is -0.282. The van der Waals surface area contributed by atoms with E-state index in [9.17, 15) is 10.4 Å². The molecular weight excluding hydrogens is 614 g/mol. The second-order valence-corrected chi connectivity index (χ2v) is 12.5. The molecule has 2 bridgehead atoms. The molecule has 15 nitrogen and oxygen atoms in total. The molecule has 0 amide bonds. The van der Waals surface area contributed by atoms with Gasteiger partial charge >= 0.3 is 0 Å². The van der Waals surface area contributed by atoms with Crippen LogP contribution >= 0.6 is 0 Å². The van der Waals surface area contributed by atoms with Gasteiger partial charge in [0, 0.05) is 49.1 Å². The molecule has 0 unspecified atom stereocenters. The summed E-state index contributed by atoms with van der Waals surface area (Å²) in [5, 5.41) is 27.0. The number of hydrazine groups is 2. The molecule has 6 rings (SSSR count). The smallest absolute Gasteiger partial charge is 0.256 e. The molecule has 1 aliphatic carbocycles. The average molecular weight is 660 g/mol. The van der Waals surface area contributed by atoms with Crippen molar-refractivity contribution >= 4 is 18.0 Å². The molecule has 1 saturated carbocycles. The van der Waals surface area contributed by atoms with Crippen molar-refractivity contribution in [3.63, 3.8) is 0 Å². The molecule has 2 aliphatic heterocycles. The zero-order chi connectivity index (χ0) is 33.3. The van der Waals surface area contributed by atoms with Gasteiger partial charge in [-0.05, 0) is 63.1 Å². The molecule has 0 radical (unpaired) electrons. The van der Waals surface area contributed by atoms with Crippen molar-refractivity contribution in [3.05, 3.63) is 42.4 Å².